The van der Waals surface area contributed by atoms with Crippen molar-refractivity contribution in [3.05, 3.63) is 24.3 Å². The molecule has 3 aliphatic rings. The molecular weight excluding hydrogens is 294 g/mol. The van der Waals surface area contributed by atoms with E-state index in [1.54, 1.807) is 0 Å². The minimum Gasteiger partial charge on any atom is -0.494 e. The van der Waals surface area contributed by atoms with E-state index in [0.29, 0.717) is 24.9 Å². The Balaban J connectivity index is 1.38. The molecule has 6 nitrogen and oxygen atoms in total. The van der Waals surface area contributed by atoms with Crippen molar-refractivity contribution in [1.82, 2.24) is 15.1 Å². The lowest BCUT2D eigenvalue weighted by atomic mass is 10.1. The van der Waals surface area contributed by atoms with Crippen LogP contribution in [-0.2, 0) is 4.79 Å². The summed E-state index contributed by atoms with van der Waals surface area (Å²) in [6, 6.07) is 7.76. The van der Waals surface area contributed by atoms with E-state index in [4.69, 9.17) is 9.47 Å². The van der Waals surface area contributed by atoms with Crippen LogP contribution in [0.25, 0.3) is 0 Å². The quantitative estimate of drug-likeness (QED) is 0.797. The van der Waals surface area contributed by atoms with Gasteiger partial charge in [0, 0.05) is 45.3 Å². The number of carbonyl (C=O) groups is 1. The Morgan fingerprint density at radius 2 is 1.78 bits per heavy atom. The highest BCUT2D eigenvalue weighted by Crippen LogP contribution is 2.17. The highest BCUT2D eigenvalue weighted by atomic mass is 16.5. The van der Waals surface area contributed by atoms with Gasteiger partial charge in [-0.1, -0.05) is 0 Å². The lowest BCUT2D eigenvalue weighted by molar-refractivity contribution is -0.123. The van der Waals surface area contributed by atoms with Crippen molar-refractivity contribution in [2.45, 2.75) is 13.0 Å². The average molecular weight is 319 g/mol. The maximum atomic E-state index is 11.9. The Kier molecular flexibility index (Phi) is 5.35. The number of ether oxygens (including phenoxy) is 2. The Hall–Kier alpha value is -1.79. The first-order chi connectivity index (χ1) is 11.2. The Morgan fingerprint density at radius 1 is 1.13 bits per heavy atom. The number of fused-ring (bicyclic) bond motifs is 3. The molecule has 0 saturated carbocycles. The summed E-state index contributed by atoms with van der Waals surface area (Å²) in [5.74, 6) is 1.41. The zero-order valence-electron chi connectivity index (χ0n) is 13.7. The first-order valence-corrected chi connectivity index (χ1v) is 8.33. The number of hydrogen-bond donors (Lipinski definition) is 1. The molecule has 23 heavy (non-hydrogen) atoms. The molecule has 1 amide bonds. The van der Waals surface area contributed by atoms with Gasteiger partial charge in [0.25, 0.3) is 5.91 Å². The fraction of sp³-hybridized carbons (Fsp3) is 0.588. The van der Waals surface area contributed by atoms with E-state index in [1.807, 2.05) is 31.2 Å². The molecule has 1 aromatic rings. The van der Waals surface area contributed by atoms with Gasteiger partial charge in [-0.15, -0.1) is 0 Å². The second kappa shape index (κ2) is 7.66. The van der Waals surface area contributed by atoms with E-state index in [1.165, 1.54) is 0 Å². The minimum atomic E-state index is -0.0727. The van der Waals surface area contributed by atoms with Gasteiger partial charge >= 0.3 is 0 Å². The molecule has 126 valence electrons. The monoisotopic (exact) mass is 319 g/mol. The van der Waals surface area contributed by atoms with Gasteiger partial charge in [-0.05, 0) is 31.2 Å². The summed E-state index contributed by atoms with van der Waals surface area (Å²) in [7, 11) is 0. The highest BCUT2D eigenvalue weighted by molar-refractivity contribution is 5.77. The van der Waals surface area contributed by atoms with Gasteiger partial charge < -0.3 is 14.8 Å². The van der Waals surface area contributed by atoms with Gasteiger partial charge in [0.1, 0.15) is 11.5 Å². The lowest BCUT2D eigenvalue weighted by Gasteiger charge is -2.47. The van der Waals surface area contributed by atoms with Crippen LogP contribution in [0.5, 0.6) is 11.5 Å². The number of nitrogens with zero attached hydrogens (tertiary/aromatic N) is 2. The van der Waals surface area contributed by atoms with Crippen molar-refractivity contribution in [1.29, 1.82) is 0 Å². The third-order valence-corrected chi connectivity index (χ3v) is 4.43. The Morgan fingerprint density at radius 3 is 2.35 bits per heavy atom. The van der Waals surface area contributed by atoms with E-state index in [9.17, 15) is 4.79 Å². The summed E-state index contributed by atoms with van der Waals surface area (Å²) in [6.07, 6.45) is 0. The lowest BCUT2D eigenvalue weighted by Crippen LogP contribution is -2.63. The van der Waals surface area contributed by atoms with E-state index < -0.39 is 0 Å². The molecule has 1 unspecified atom stereocenters. The molecule has 1 N–H and O–H groups in total. The number of benzene rings is 1. The van der Waals surface area contributed by atoms with Crippen molar-refractivity contribution in [3.8, 4) is 11.5 Å². The minimum absolute atomic E-state index is 0.0460. The fourth-order valence-corrected chi connectivity index (χ4v) is 3.15. The largest absolute Gasteiger partial charge is 0.494 e. The fourth-order valence-electron chi connectivity index (χ4n) is 3.15. The van der Waals surface area contributed by atoms with Crippen LogP contribution in [0, 0.1) is 0 Å². The van der Waals surface area contributed by atoms with Crippen molar-refractivity contribution >= 4 is 5.91 Å². The number of nitrogens with one attached hydrogen (secondary N) is 1. The van der Waals surface area contributed by atoms with Crippen LogP contribution in [0.1, 0.15) is 6.92 Å². The normalized spacial score (nSPS) is 25.9. The SMILES string of the molecule is CCOc1ccc(OCC(=O)NCC2CN3CCN2CC3)cc1. The molecule has 4 rings (SSSR count). The molecule has 3 fully saturated rings. The van der Waals surface area contributed by atoms with Gasteiger partial charge in [-0.3, -0.25) is 14.6 Å². The maximum absolute atomic E-state index is 11.9. The number of carbonyl (C=O) groups excluding carboxylic acids is 1. The standard InChI is InChI=1S/C17H25N3O3/c1-2-22-15-3-5-16(6-4-15)23-13-17(21)18-11-14-12-19-7-9-20(14)10-8-19/h3-6,14H,2,7-13H2,1H3,(H,18,21). The number of amides is 1. The molecule has 3 heterocycles. The molecule has 0 aromatic heterocycles. The number of piperazine rings is 3. The molecule has 2 bridgehead atoms. The third kappa shape index (κ3) is 4.36. The first kappa shape index (κ1) is 16.1. The van der Waals surface area contributed by atoms with Crippen LogP contribution in [0.3, 0.4) is 0 Å². The van der Waals surface area contributed by atoms with Crippen molar-refractivity contribution < 1.29 is 14.3 Å². The number of rotatable bonds is 7. The average Bonchev–Trinajstić information content (AvgIpc) is 2.61. The van der Waals surface area contributed by atoms with Crippen molar-refractivity contribution in [3.63, 3.8) is 0 Å². The molecule has 3 aliphatic heterocycles. The summed E-state index contributed by atoms with van der Waals surface area (Å²) in [5.41, 5.74) is 0. The van der Waals surface area contributed by atoms with Crippen LogP contribution in [0.15, 0.2) is 24.3 Å². The summed E-state index contributed by atoms with van der Waals surface area (Å²) in [4.78, 5) is 16.9. The van der Waals surface area contributed by atoms with E-state index in [2.05, 4.69) is 15.1 Å². The smallest absolute Gasteiger partial charge is 0.257 e. The van der Waals surface area contributed by atoms with Gasteiger partial charge in [0.05, 0.1) is 6.61 Å². The predicted molar refractivity (Wildman–Crippen MR) is 87.9 cm³/mol. The molecule has 0 aliphatic carbocycles. The second-order valence-corrected chi connectivity index (χ2v) is 5.99. The van der Waals surface area contributed by atoms with Crippen LogP contribution in [0.4, 0.5) is 0 Å². The zero-order chi connectivity index (χ0) is 16.1. The molecule has 1 aromatic carbocycles. The zero-order valence-corrected chi connectivity index (χ0v) is 13.7. The third-order valence-electron chi connectivity index (χ3n) is 4.43. The Bertz CT molecular complexity index is 512. The molecule has 0 spiro atoms. The molecule has 3 saturated heterocycles. The van der Waals surface area contributed by atoms with E-state index in [-0.39, 0.29) is 12.5 Å². The van der Waals surface area contributed by atoms with Gasteiger partial charge in [0.15, 0.2) is 6.61 Å². The van der Waals surface area contributed by atoms with E-state index >= 15 is 0 Å². The number of hydrogen-bond acceptors (Lipinski definition) is 5. The predicted octanol–water partition coefficient (Wildman–Crippen LogP) is 0.580. The van der Waals surface area contributed by atoms with Crippen molar-refractivity contribution in [2.75, 3.05) is 52.5 Å². The van der Waals surface area contributed by atoms with Crippen LogP contribution >= 0.6 is 0 Å². The van der Waals surface area contributed by atoms with E-state index in [0.717, 1.165) is 38.5 Å². The highest BCUT2D eigenvalue weighted by Gasteiger charge is 2.31. The van der Waals surface area contributed by atoms with Gasteiger partial charge in [-0.2, -0.15) is 0 Å². The van der Waals surface area contributed by atoms with Crippen LogP contribution in [-0.4, -0.2) is 74.2 Å². The van der Waals surface area contributed by atoms with Gasteiger partial charge in [0.2, 0.25) is 0 Å². The van der Waals surface area contributed by atoms with Crippen LogP contribution < -0.4 is 14.8 Å². The summed E-state index contributed by atoms with van der Waals surface area (Å²) in [5, 5.41) is 2.98. The topological polar surface area (TPSA) is 54.0 Å². The summed E-state index contributed by atoms with van der Waals surface area (Å²) < 4.78 is 10.9. The second-order valence-electron chi connectivity index (χ2n) is 5.99. The maximum Gasteiger partial charge on any atom is 0.257 e. The summed E-state index contributed by atoms with van der Waals surface area (Å²) in [6.45, 7) is 8.92. The molecule has 1 atom stereocenters. The molecule has 0 radical (unpaired) electrons. The van der Waals surface area contributed by atoms with Crippen LogP contribution in [0.2, 0.25) is 0 Å². The molecule has 6 heteroatoms. The summed E-state index contributed by atoms with van der Waals surface area (Å²) >= 11 is 0. The molecular formula is C17H25N3O3. The van der Waals surface area contributed by atoms with Crippen molar-refractivity contribution in [2.24, 2.45) is 0 Å². The van der Waals surface area contributed by atoms with Gasteiger partial charge in [-0.25, -0.2) is 0 Å². The first-order valence-electron chi connectivity index (χ1n) is 8.33. The Labute approximate surface area is 137 Å².